The van der Waals surface area contributed by atoms with Crippen LogP contribution in [-0.2, 0) is 6.54 Å². The molecule has 0 aliphatic heterocycles. The van der Waals surface area contributed by atoms with E-state index in [0.717, 1.165) is 6.42 Å². The molecular formula is C17H21FN4O2. The van der Waals surface area contributed by atoms with Crippen molar-refractivity contribution in [2.24, 2.45) is 5.92 Å². The van der Waals surface area contributed by atoms with Gasteiger partial charge in [-0.1, -0.05) is 32.0 Å². The third-order valence-electron chi connectivity index (χ3n) is 3.49. The largest absolute Gasteiger partial charge is 0.351 e. The number of benzene rings is 1. The topological polar surface area (TPSA) is 86.9 Å². The van der Waals surface area contributed by atoms with Gasteiger partial charge >= 0.3 is 0 Å². The maximum Gasteiger partial charge on any atom is 0.272 e. The maximum absolute atomic E-state index is 13.6. The molecule has 0 fully saturated rings. The lowest BCUT2D eigenvalue weighted by Gasteiger charge is -2.08. The van der Waals surface area contributed by atoms with Gasteiger partial charge in [0.25, 0.3) is 11.8 Å². The van der Waals surface area contributed by atoms with E-state index in [1.54, 1.807) is 18.2 Å². The molecule has 0 aliphatic carbocycles. The fourth-order valence-electron chi connectivity index (χ4n) is 2.10. The van der Waals surface area contributed by atoms with Gasteiger partial charge in [0.2, 0.25) is 0 Å². The second-order valence-electron chi connectivity index (χ2n) is 5.84. The predicted molar refractivity (Wildman–Crippen MR) is 87.9 cm³/mol. The molecule has 6 nitrogen and oxygen atoms in total. The summed E-state index contributed by atoms with van der Waals surface area (Å²) in [6.07, 6.45) is 2.13. The van der Waals surface area contributed by atoms with Crippen LogP contribution >= 0.6 is 0 Å². The third-order valence-corrected chi connectivity index (χ3v) is 3.49. The van der Waals surface area contributed by atoms with Crippen LogP contribution in [0.25, 0.3) is 0 Å². The molecule has 24 heavy (non-hydrogen) atoms. The zero-order valence-corrected chi connectivity index (χ0v) is 13.7. The highest BCUT2D eigenvalue weighted by atomic mass is 19.1. The van der Waals surface area contributed by atoms with Gasteiger partial charge in [-0.15, -0.1) is 0 Å². The van der Waals surface area contributed by atoms with Crippen molar-refractivity contribution in [2.75, 3.05) is 6.54 Å². The van der Waals surface area contributed by atoms with E-state index in [-0.39, 0.29) is 17.9 Å². The molecule has 0 aliphatic rings. The van der Waals surface area contributed by atoms with Gasteiger partial charge in [-0.05, 0) is 18.4 Å². The molecule has 2 aromatic rings. The summed E-state index contributed by atoms with van der Waals surface area (Å²) in [7, 11) is 0. The van der Waals surface area contributed by atoms with Crippen molar-refractivity contribution < 1.29 is 14.0 Å². The number of carbonyl (C=O) groups excluding carboxylic acids is 2. The van der Waals surface area contributed by atoms with Crippen LogP contribution in [0.2, 0.25) is 0 Å². The second-order valence-corrected chi connectivity index (χ2v) is 5.84. The summed E-state index contributed by atoms with van der Waals surface area (Å²) in [6.45, 7) is 4.66. The summed E-state index contributed by atoms with van der Waals surface area (Å²) in [5, 5.41) is 5.31. The van der Waals surface area contributed by atoms with E-state index >= 15 is 0 Å². The van der Waals surface area contributed by atoms with Crippen LogP contribution in [0, 0.1) is 11.7 Å². The van der Waals surface area contributed by atoms with E-state index < -0.39 is 17.6 Å². The van der Waals surface area contributed by atoms with E-state index in [4.69, 9.17) is 0 Å². The lowest BCUT2D eigenvalue weighted by atomic mass is 10.1. The van der Waals surface area contributed by atoms with Gasteiger partial charge in [-0.25, -0.2) is 9.37 Å². The molecule has 1 aromatic carbocycles. The van der Waals surface area contributed by atoms with Gasteiger partial charge in [0.05, 0.1) is 6.33 Å². The summed E-state index contributed by atoms with van der Waals surface area (Å²) in [4.78, 5) is 30.9. The van der Waals surface area contributed by atoms with Crippen LogP contribution < -0.4 is 10.6 Å². The monoisotopic (exact) mass is 332 g/mol. The highest BCUT2D eigenvalue weighted by Gasteiger charge is 2.20. The molecule has 1 heterocycles. The van der Waals surface area contributed by atoms with Crippen LogP contribution in [0.5, 0.6) is 0 Å². The highest BCUT2D eigenvalue weighted by molar-refractivity contribution is 6.04. The first-order chi connectivity index (χ1) is 11.5. The molecule has 0 bridgehead atoms. The minimum Gasteiger partial charge on any atom is -0.351 e. The Kier molecular flexibility index (Phi) is 6.06. The minimum absolute atomic E-state index is 0.0267. The first-order valence-corrected chi connectivity index (χ1v) is 7.82. The summed E-state index contributed by atoms with van der Waals surface area (Å²) in [5.41, 5.74) is 0.464. The Labute approximate surface area is 139 Å². The van der Waals surface area contributed by atoms with Crippen LogP contribution in [0.15, 0.2) is 30.6 Å². The Morgan fingerprint density at radius 3 is 2.67 bits per heavy atom. The lowest BCUT2D eigenvalue weighted by Crippen LogP contribution is -2.30. The molecule has 0 spiro atoms. The molecule has 1 aromatic heterocycles. The van der Waals surface area contributed by atoms with Crippen LogP contribution in [0.1, 0.15) is 46.8 Å². The number of rotatable bonds is 7. The molecule has 3 N–H and O–H groups in total. The fraction of sp³-hybridized carbons (Fsp3) is 0.353. The van der Waals surface area contributed by atoms with Crippen molar-refractivity contribution in [2.45, 2.75) is 26.8 Å². The standard InChI is InChI=1S/C17H21FN4O2/c1-11(2)7-8-19-16(23)14-15(22-10-21-14)17(24)20-9-12-5-3-4-6-13(12)18/h3-6,10-11H,7-9H2,1-2H3,(H,19,23)(H,20,24)(H,21,22). The maximum atomic E-state index is 13.6. The van der Waals surface area contributed by atoms with E-state index in [2.05, 4.69) is 34.4 Å². The number of amides is 2. The molecular weight excluding hydrogens is 311 g/mol. The molecule has 0 saturated heterocycles. The van der Waals surface area contributed by atoms with E-state index in [9.17, 15) is 14.0 Å². The normalized spacial score (nSPS) is 10.7. The number of H-pyrrole nitrogens is 1. The Bertz CT molecular complexity index is 712. The van der Waals surface area contributed by atoms with Crippen LogP contribution in [0.3, 0.4) is 0 Å². The molecule has 7 heteroatoms. The molecule has 128 valence electrons. The molecule has 0 saturated carbocycles. The highest BCUT2D eigenvalue weighted by Crippen LogP contribution is 2.08. The molecule has 0 radical (unpaired) electrons. The van der Waals surface area contributed by atoms with Crippen molar-refractivity contribution in [3.63, 3.8) is 0 Å². The zero-order chi connectivity index (χ0) is 17.5. The van der Waals surface area contributed by atoms with E-state index in [1.807, 2.05) is 0 Å². The van der Waals surface area contributed by atoms with Crippen molar-refractivity contribution in [1.82, 2.24) is 20.6 Å². The smallest absolute Gasteiger partial charge is 0.272 e. The van der Waals surface area contributed by atoms with Crippen LogP contribution in [-0.4, -0.2) is 28.3 Å². The first-order valence-electron chi connectivity index (χ1n) is 7.82. The Morgan fingerprint density at radius 2 is 1.96 bits per heavy atom. The van der Waals surface area contributed by atoms with Gasteiger partial charge in [0.15, 0.2) is 5.69 Å². The van der Waals surface area contributed by atoms with E-state index in [1.165, 1.54) is 12.4 Å². The molecule has 2 rings (SSSR count). The van der Waals surface area contributed by atoms with Gasteiger partial charge in [0, 0.05) is 18.7 Å². The van der Waals surface area contributed by atoms with Gasteiger partial charge in [0.1, 0.15) is 11.5 Å². The average Bonchev–Trinajstić information content (AvgIpc) is 3.03. The van der Waals surface area contributed by atoms with Gasteiger partial charge in [-0.3, -0.25) is 9.59 Å². The minimum atomic E-state index is -0.509. The Balaban J connectivity index is 1.97. The summed E-state index contributed by atoms with van der Waals surface area (Å²) < 4.78 is 13.6. The van der Waals surface area contributed by atoms with Gasteiger partial charge < -0.3 is 15.6 Å². The number of nitrogens with one attached hydrogen (secondary N) is 3. The lowest BCUT2D eigenvalue weighted by molar-refractivity contribution is 0.0911. The van der Waals surface area contributed by atoms with Crippen molar-refractivity contribution >= 4 is 11.8 Å². The third kappa shape index (κ3) is 4.65. The van der Waals surface area contributed by atoms with E-state index in [0.29, 0.717) is 18.0 Å². The quantitative estimate of drug-likeness (QED) is 0.727. The van der Waals surface area contributed by atoms with Gasteiger partial charge in [-0.2, -0.15) is 0 Å². The SMILES string of the molecule is CC(C)CCNC(=O)c1nc[nH]c1C(=O)NCc1ccccc1F. The fourth-order valence-corrected chi connectivity index (χ4v) is 2.10. The number of hydrogen-bond donors (Lipinski definition) is 3. The number of hydrogen-bond acceptors (Lipinski definition) is 3. The zero-order valence-electron chi connectivity index (χ0n) is 13.7. The number of imidazole rings is 1. The summed E-state index contributed by atoms with van der Waals surface area (Å²) in [5.74, 6) is -0.847. The van der Waals surface area contributed by atoms with Crippen molar-refractivity contribution in [1.29, 1.82) is 0 Å². The number of halogens is 1. The van der Waals surface area contributed by atoms with Crippen molar-refractivity contribution in [3.05, 3.63) is 53.4 Å². The predicted octanol–water partition coefficient (Wildman–Crippen LogP) is 2.25. The number of nitrogens with zero attached hydrogens (tertiary/aromatic N) is 1. The second kappa shape index (κ2) is 8.24. The summed E-state index contributed by atoms with van der Waals surface area (Å²) >= 11 is 0. The molecule has 0 unspecified atom stereocenters. The summed E-state index contributed by atoms with van der Waals surface area (Å²) in [6, 6.07) is 6.18. The van der Waals surface area contributed by atoms with Crippen LogP contribution in [0.4, 0.5) is 4.39 Å². The number of carbonyl (C=O) groups is 2. The first kappa shape index (κ1) is 17.7. The van der Waals surface area contributed by atoms with Crippen molar-refractivity contribution in [3.8, 4) is 0 Å². The average molecular weight is 332 g/mol. The number of aromatic nitrogens is 2. The molecule has 2 amide bonds. The Hall–Kier alpha value is -2.70. The number of aromatic amines is 1. The Morgan fingerprint density at radius 1 is 1.21 bits per heavy atom. The molecule has 0 atom stereocenters.